The minimum Gasteiger partial charge on any atom is -0.478 e. The van der Waals surface area contributed by atoms with Crippen molar-refractivity contribution in [3.05, 3.63) is 73.9 Å². The predicted molar refractivity (Wildman–Crippen MR) is 137 cm³/mol. The highest BCUT2D eigenvalue weighted by Crippen LogP contribution is 2.29. The maximum absolute atomic E-state index is 12.4. The lowest BCUT2D eigenvalue weighted by Crippen LogP contribution is -2.35. The number of sulfone groups is 1. The van der Waals surface area contributed by atoms with Crippen LogP contribution in [0.1, 0.15) is 40.0 Å². The third-order valence-electron chi connectivity index (χ3n) is 5.59. The first-order valence-electron chi connectivity index (χ1n) is 10.8. The van der Waals surface area contributed by atoms with Crippen molar-refractivity contribution < 1.29 is 37.6 Å². The van der Waals surface area contributed by atoms with Crippen LogP contribution in [0.15, 0.2) is 47.5 Å². The topological polar surface area (TPSA) is 179 Å². The van der Waals surface area contributed by atoms with Gasteiger partial charge in [-0.2, -0.15) is 0 Å². The Hall–Kier alpha value is -3.74. The quantitative estimate of drug-likeness (QED) is 0.197. The maximum atomic E-state index is 12.4. The van der Waals surface area contributed by atoms with E-state index in [0.717, 1.165) is 24.5 Å². The molecule has 4 rings (SSSR count). The van der Waals surface area contributed by atoms with Crippen molar-refractivity contribution in [1.82, 2.24) is 4.98 Å². The molecule has 38 heavy (non-hydrogen) atoms. The number of pyridine rings is 1. The normalized spacial score (nSPS) is 14.1. The van der Waals surface area contributed by atoms with Gasteiger partial charge in [0.15, 0.2) is 27.2 Å². The van der Waals surface area contributed by atoms with Crippen LogP contribution >= 0.6 is 23.2 Å². The molecule has 0 radical (unpaired) electrons. The molecule has 2 aromatic carbocycles. The summed E-state index contributed by atoms with van der Waals surface area (Å²) in [5.41, 5.74) is -0.815. The summed E-state index contributed by atoms with van der Waals surface area (Å²) in [6.45, 7) is 0. The van der Waals surface area contributed by atoms with Crippen molar-refractivity contribution >= 4 is 72.9 Å². The van der Waals surface area contributed by atoms with Crippen LogP contribution in [0.3, 0.4) is 0 Å². The van der Waals surface area contributed by atoms with E-state index in [1.165, 1.54) is 12.3 Å². The van der Waals surface area contributed by atoms with Crippen molar-refractivity contribution in [1.29, 1.82) is 0 Å². The lowest BCUT2D eigenvalue weighted by atomic mass is 9.81. The Bertz CT molecular complexity index is 1600. The molecule has 0 bridgehead atoms. The fourth-order valence-electron chi connectivity index (χ4n) is 3.81. The number of Topliss-reactive ketones (excluding diaryl/α,β-unsaturated/α-hetero) is 3. The standard InChI is InChI=1S/C14H13NO7S.C10H5Cl2NO2/c1-23(21,22)8-5-6-9(10(7-8)15(19)20)14(18)13-11(16)3-2-4-12(13)17;11-6-3-5-1-2-7(12)8(10(14)15)9(5)13-4-6/h5-7,13H,2-4H2,1H3;1-4H,(H,14,15). The number of benzene rings is 2. The number of nitro benzene ring substituents is 1. The van der Waals surface area contributed by atoms with Crippen LogP contribution in [0.25, 0.3) is 10.9 Å². The number of fused-ring (bicyclic) bond motifs is 1. The van der Waals surface area contributed by atoms with Gasteiger partial charge in [-0.05, 0) is 30.7 Å². The highest BCUT2D eigenvalue weighted by atomic mass is 35.5. The SMILES string of the molecule is CS(=O)(=O)c1ccc(C(=O)C2C(=O)CCCC2=O)c([N+](=O)[O-])c1.O=C(O)c1c(Cl)ccc2cc(Cl)cnc12. The van der Waals surface area contributed by atoms with Crippen molar-refractivity contribution in [2.75, 3.05) is 6.26 Å². The van der Waals surface area contributed by atoms with Gasteiger partial charge in [-0.15, -0.1) is 0 Å². The van der Waals surface area contributed by atoms with E-state index in [1.54, 1.807) is 12.1 Å². The minimum atomic E-state index is -3.70. The van der Waals surface area contributed by atoms with Gasteiger partial charge in [0.2, 0.25) is 0 Å². The number of rotatable bonds is 5. The van der Waals surface area contributed by atoms with Crippen molar-refractivity contribution in [3.63, 3.8) is 0 Å². The van der Waals surface area contributed by atoms with Crippen LogP contribution in [0, 0.1) is 16.0 Å². The number of carbonyl (C=O) groups is 4. The monoisotopic (exact) mass is 580 g/mol. The summed E-state index contributed by atoms with van der Waals surface area (Å²) in [7, 11) is -3.70. The Labute approximate surface area is 225 Å². The van der Waals surface area contributed by atoms with E-state index in [4.69, 9.17) is 28.3 Å². The summed E-state index contributed by atoms with van der Waals surface area (Å²) in [4.78, 5) is 60.9. The lowest BCUT2D eigenvalue weighted by molar-refractivity contribution is -0.385. The summed E-state index contributed by atoms with van der Waals surface area (Å²) in [5, 5.41) is 21.4. The largest absolute Gasteiger partial charge is 0.478 e. The molecule has 0 saturated heterocycles. The number of carboxylic acid groups (broad SMARTS) is 1. The molecule has 0 aliphatic heterocycles. The van der Waals surface area contributed by atoms with Gasteiger partial charge >= 0.3 is 5.97 Å². The van der Waals surface area contributed by atoms with E-state index in [1.807, 2.05) is 0 Å². The molecule has 14 heteroatoms. The van der Waals surface area contributed by atoms with E-state index in [0.29, 0.717) is 22.3 Å². The fraction of sp³-hybridized carbons (Fsp3) is 0.208. The van der Waals surface area contributed by atoms with Crippen LogP contribution in [0.4, 0.5) is 5.69 Å². The first-order chi connectivity index (χ1) is 17.7. The molecule has 11 nitrogen and oxygen atoms in total. The molecular formula is C24H18Cl2N2O9S. The predicted octanol–water partition coefficient (Wildman–Crippen LogP) is 4.36. The van der Waals surface area contributed by atoms with Crippen molar-refractivity contribution in [2.24, 2.45) is 5.92 Å². The van der Waals surface area contributed by atoms with E-state index in [-0.39, 0.29) is 28.3 Å². The average molecular weight is 581 g/mol. The van der Waals surface area contributed by atoms with E-state index in [9.17, 15) is 37.7 Å². The Morgan fingerprint density at radius 2 is 1.71 bits per heavy atom. The van der Waals surface area contributed by atoms with Gasteiger partial charge in [-0.25, -0.2) is 13.2 Å². The molecular weight excluding hydrogens is 563 g/mol. The number of hydrogen-bond donors (Lipinski definition) is 1. The van der Waals surface area contributed by atoms with Gasteiger partial charge in [-0.3, -0.25) is 29.5 Å². The summed E-state index contributed by atoms with van der Waals surface area (Å²) >= 11 is 11.5. The second kappa shape index (κ2) is 11.3. The zero-order chi connectivity index (χ0) is 28.4. The molecule has 0 amide bonds. The van der Waals surface area contributed by atoms with Crippen molar-refractivity contribution in [2.45, 2.75) is 24.2 Å². The first kappa shape index (κ1) is 28.8. The van der Waals surface area contributed by atoms with Crippen LogP contribution in [0.2, 0.25) is 10.0 Å². The van der Waals surface area contributed by atoms with E-state index < -0.39 is 55.2 Å². The third-order valence-corrected chi connectivity index (χ3v) is 7.23. The highest BCUT2D eigenvalue weighted by Gasteiger charge is 2.39. The number of hydrogen-bond acceptors (Lipinski definition) is 9. The zero-order valence-corrected chi connectivity index (χ0v) is 21.8. The Balaban J connectivity index is 0.000000230. The lowest BCUT2D eigenvalue weighted by Gasteiger charge is -2.18. The number of nitrogens with zero attached hydrogens (tertiary/aromatic N) is 2. The maximum Gasteiger partial charge on any atom is 0.339 e. The van der Waals surface area contributed by atoms with Crippen LogP contribution < -0.4 is 0 Å². The molecule has 1 aliphatic rings. The first-order valence-corrected chi connectivity index (χ1v) is 13.4. The molecule has 198 valence electrons. The number of carbonyl (C=O) groups excluding carboxylic acids is 3. The van der Waals surface area contributed by atoms with Crippen LogP contribution in [0.5, 0.6) is 0 Å². The van der Waals surface area contributed by atoms with E-state index >= 15 is 0 Å². The number of aromatic carboxylic acids is 1. The molecule has 1 saturated carbocycles. The minimum absolute atomic E-state index is 0.00540. The fourth-order valence-corrected chi connectivity index (χ4v) is 4.85. The number of carboxylic acids is 1. The summed E-state index contributed by atoms with van der Waals surface area (Å²) < 4.78 is 23.0. The summed E-state index contributed by atoms with van der Waals surface area (Å²) in [6.07, 6.45) is 2.76. The van der Waals surface area contributed by atoms with Gasteiger partial charge in [0.1, 0.15) is 11.5 Å². The molecule has 0 spiro atoms. The van der Waals surface area contributed by atoms with Gasteiger partial charge in [-0.1, -0.05) is 29.3 Å². The second-order valence-corrected chi connectivity index (χ2v) is 11.1. The van der Waals surface area contributed by atoms with Crippen LogP contribution in [-0.2, 0) is 19.4 Å². The summed E-state index contributed by atoms with van der Waals surface area (Å²) in [6, 6.07) is 7.64. The zero-order valence-electron chi connectivity index (χ0n) is 19.5. The van der Waals surface area contributed by atoms with Gasteiger partial charge < -0.3 is 5.11 Å². The molecule has 0 atom stereocenters. The summed E-state index contributed by atoms with van der Waals surface area (Å²) in [5.74, 6) is -4.71. The number of halogens is 2. The second-order valence-electron chi connectivity index (χ2n) is 8.24. The molecule has 1 aliphatic carbocycles. The van der Waals surface area contributed by atoms with Crippen LogP contribution in [-0.4, -0.2) is 53.0 Å². The van der Waals surface area contributed by atoms with Gasteiger partial charge in [0.05, 0.1) is 30.9 Å². The Morgan fingerprint density at radius 3 is 2.26 bits per heavy atom. The van der Waals surface area contributed by atoms with E-state index in [2.05, 4.69) is 4.98 Å². The number of ketones is 3. The van der Waals surface area contributed by atoms with Gasteiger partial charge in [0.25, 0.3) is 5.69 Å². The Morgan fingerprint density at radius 1 is 1.08 bits per heavy atom. The number of aromatic nitrogens is 1. The molecule has 0 unspecified atom stereocenters. The molecule has 1 fully saturated rings. The van der Waals surface area contributed by atoms with Gasteiger partial charge in [0, 0.05) is 36.7 Å². The molecule has 1 N–H and O–H groups in total. The smallest absolute Gasteiger partial charge is 0.339 e. The average Bonchev–Trinajstić information content (AvgIpc) is 2.83. The number of nitro groups is 1. The molecule has 3 aromatic rings. The highest BCUT2D eigenvalue weighted by molar-refractivity contribution is 7.90. The molecule has 1 heterocycles. The third kappa shape index (κ3) is 6.21. The van der Waals surface area contributed by atoms with Crippen molar-refractivity contribution in [3.8, 4) is 0 Å². The molecule has 1 aromatic heterocycles. The Kier molecular flexibility index (Phi) is 8.60.